The van der Waals surface area contributed by atoms with Gasteiger partial charge in [-0.1, -0.05) is 25.1 Å². The maximum atomic E-state index is 8.44. The Morgan fingerprint density at radius 2 is 2.07 bits per heavy atom. The summed E-state index contributed by atoms with van der Waals surface area (Å²) in [5.41, 5.74) is 4.08. The minimum Gasteiger partial charge on any atom is -0.185 e. The van der Waals surface area contributed by atoms with Crippen LogP contribution in [-0.2, 0) is 0 Å². The zero-order valence-corrected chi connectivity index (χ0v) is 10.4. The van der Waals surface area contributed by atoms with Crippen LogP contribution >= 0.6 is 11.8 Å². The molecule has 0 N–H and O–H groups in total. The third-order valence-electron chi connectivity index (χ3n) is 2.82. The zero-order valence-electron chi connectivity index (χ0n) is 9.58. The number of thioether (sulfide) groups is 1. The molecule has 1 aromatic carbocycles. The van der Waals surface area contributed by atoms with Gasteiger partial charge in [-0.25, -0.2) is 0 Å². The molecule has 80 valence electrons. The first-order chi connectivity index (χ1) is 7.15. The van der Waals surface area contributed by atoms with Gasteiger partial charge in [-0.15, -0.1) is 0 Å². The Hall–Kier alpha value is -0.940. The Balaban J connectivity index is 2.62. The number of benzene rings is 1. The summed E-state index contributed by atoms with van der Waals surface area (Å²) in [4.78, 5) is 0. The molecular weight excluding hydrogens is 202 g/mol. The van der Waals surface area contributed by atoms with Crippen molar-refractivity contribution in [2.45, 2.75) is 33.1 Å². The smallest absolute Gasteiger partial charge is 0.133 e. The molecule has 0 radical (unpaired) electrons. The third-order valence-corrected chi connectivity index (χ3v) is 3.39. The van der Waals surface area contributed by atoms with Gasteiger partial charge in [0.2, 0.25) is 0 Å². The minimum absolute atomic E-state index is 0.546. The zero-order chi connectivity index (χ0) is 11.3. The molecule has 1 unspecified atom stereocenters. The van der Waals surface area contributed by atoms with Crippen molar-refractivity contribution in [3.05, 3.63) is 34.9 Å². The number of hydrogen-bond acceptors (Lipinski definition) is 2. The molecule has 0 aliphatic rings. The number of nitriles is 1. The van der Waals surface area contributed by atoms with Crippen LogP contribution in [0.1, 0.15) is 36.0 Å². The Morgan fingerprint density at radius 1 is 1.33 bits per heavy atom. The van der Waals surface area contributed by atoms with E-state index in [4.69, 9.17) is 5.26 Å². The van der Waals surface area contributed by atoms with Crippen LogP contribution in [0.15, 0.2) is 18.2 Å². The molecule has 0 aliphatic carbocycles. The van der Waals surface area contributed by atoms with E-state index in [1.54, 1.807) is 0 Å². The molecule has 0 aliphatic heterocycles. The Kier molecular flexibility index (Phi) is 4.71. The largest absolute Gasteiger partial charge is 0.185 e. The second kappa shape index (κ2) is 5.82. The van der Waals surface area contributed by atoms with E-state index in [0.717, 1.165) is 12.2 Å². The van der Waals surface area contributed by atoms with Gasteiger partial charge in [0.25, 0.3) is 0 Å². The predicted molar refractivity (Wildman–Crippen MR) is 67.0 cm³/mol. The molecule has 1 rings (SSSR count). The van der Waals surface area contributed by atoms with Crippen LogP contribution in [-0.4, -0.2) is 5.75 Å². The molecule has 0 amide bonds. The number of thiocyanates is 1. The highest BCUT2D eigenvalue weighted by atomic mass is 32.2. The van der Waals surface area contributed by atoms with E-state index >= 15 is 0 Å². The standard InChI is InChI=1S/C13H17NS/c1-10-4-5-13(8-12(10)3)11(2)6-7-15-9-14/h4-5,8,11H,6-7H2,1-3H3. The monoisotopic (exact) mass is 219 g/mol. The third kappa shape index (κ3) is 3.60. The van der Waals surface area contributed by atoms with Crippen molar-refractivity contribution < 1.29 is 0 Å². The van der Waals surface area contributed by atoms with Crippen LogP contribution in [0.2, 0.25) is 0 Å². The van der Waals surface area contributed by atoms with Crippen molar-refractivity contribution in [3.63, 3.8) is 0 Å². The van der Waals surface area contributed by atoms with Crippen LogP contribution < -0.4 is 0 Å². The highest BCUT2D eigenvalue weighted by molar-refractivity contribution is 8.03. The first-order valence-electron chi connectivity index (χ1n) is 5.23. The first-order valence-corrected chi connectivity index (χ1v) is 6.21. The molecule has 1 nitrogen and oxygen atoms in total. The molecule has 0 spiro atoms. The molecule has 0 aromatic heterocycles. The van der Waals surface area contributed by atoms with Crippen molar-refractivity contribution >= 4 is 11.8 Å². The van der Waals surface area contributed by atoms with Gasteiger partial charge in [-0.05, 0) is 54.6 Å². The minimum atomic E-state index is 0.546. The Labute approximate surface area is 96.5 Å². The van der Waals surface area contributed by atoms with Gasteiger partial charge >= 0.3 is 0 Å². The van der Waals surface area contributed by atoms with Gasteiger partial charge in [0.05, 0.1) is 0 Å². The summed E-state index contributed by atoms with van der Waals surface area (Å²) in [7, 11) is 0. The number of hydrogen-bond donors (Lipinski definition) is 0. The molecule has 1 atom stereocenters. The average Bonchev–Trinajstić information content (AvgIpc) is 2.22. The number of nitrogens with zero attached hydrogens (tertiary/aromatic N) is 1. The van der Waals surface area contributed by atoms with E-state index in [2.05, 4.69) is 44.4 Å². The lowest BCUT2D eigenvalue weighted by atomic mass is 9.95. The van der Waals surface area contributed by atoms with Gasteiger partial charge in [0.15, 0.2) is 0 Å². The topological polar surface area (TPSA) is 23.8 Å². The van der Waals surface area contributed by atoms with Crippen LogP contribution in [0.4, 0.5) is 0 Å². The number of aryl methyl sites for hydroxylation is 2. The molecular formula is C13H17NS. The fourth-order valence-electron chi connectivity index (χ4n) is 1.52. The van der Waals surface area contributed by atoms with Crippen molar-refractivity contribution in [2.24, 2.45) is 0 Å². The summed E-state index contributed by atoms with van der Waals surface area (Å²) >= 11 is 1.34. The number of rotatable bonds is 4. The first kappa shape index (κ1) is 12.1. The molecule has 0 saturated heterocycles. The van der Waals surface area contributed by atoms with E-state index in [-0.39, 0.29) is 0 Å². The molecule has 0 bridgehead atoms. The molecule has 2 heteroatoms. The van der Waals surface area contributed by atoms with Crippen molar-refractivity contribution in [2.75, 3.05) is 5.75 Å². The van der Waals surface area contributed by atoms with Crippen molar-refractivity contribution in [1.82, 2.24) is 0 Å². The van der Waals surface area contributed by atoms with Crippen LogP contribution in [0.25, 0.3) is 0 Å². The van der Waals surface area contributed by atoms with Crippen molar-refractivity contribution in [1.29, 1.82) is 5.26 Å². The van der Waals surface area contributed by atoms with E-state index in [1.807, 2.05) is 0 Å². The van der Waals surface area contributed by atoms with Crippen LogP contribution in [0.5, 0.6) is 0 Å². The summed E-state index contributed by atoms with van der Waals surface area (Å²) in [6.45, 7) is 6.51. The molecule has 0 saturated carbocycles. The SMILES string of the molecule is Cc1ccc(C(C)CCSC#N)cc1C. The lowest BCUT2D eigenvalue weighted by molar-refractivity contribution is 0.740. The Bertz CT molecular complexity index is 365. The van der Waals surface area contributed by atoms with E-state index in [1.165, 1.54) is 28.5 Å². The highest BCUT2D eigenvalue weighted by Gasteiger charge is 2.06. The second-order valence-electron chi connectivity index (χ2n) is 3.97. The van der Waals surface area contributed by atoms with E-state index in [0.29, 0.717) is 5.92 Å². The van der Waals surface area contributed by atoms with Crippen LogP contribution in [0.3, 0.4) is 0 Å². The quantitative estimate of drug-likeness (QED) is 0.564. The lowest BCUT2D eigenvalue weighted by Gasteiger charge is -2.12. The summed E-state index contributed by atoms with van der Waals surface area (Å²) in [6.07, 6.45) is 1.07. The predicted octanol–water partition coefficient (Wildman–Crippen LogP) is 4.01. The molecule has 15 heavy (non-hydrogen) atoms. The summed E-state index contributed by atoms with van der Waals surface area (Å²) in [5.74, 6) is 1.47. The fraction of sp³-hybridized carbons (Fsp3) is 0.462. The fourth-order valence-corrected chi connectivity index (χ4v) is 2.08. The van der Waals surface area contributed by atoms with Gasteiger partial charge < -0.3 is 0 Å². The summed E-state index contributed by atoms with van der Waals surface area (Å²) in [5, 5.41) is 10.6. The molecule has 1 aromatic rings. The van der Waals surface area contributed by atoms with E-state index < -0.39 is 0 Å². The maximum absolute atomic E-state index is 8.44. The van der Waals surface area contributed by atoms with Gasteiger partial charge in [-0.2, -0.15) is 5.26 Å². The van der Waals surface area contributed by atoms with Crippen LogP contribution in [0, 0.1) is 24.5 Å². The van der Waals surface area contributed by atoms with Gasteiger partial charge in [0, 0.05) is 5.75 Å². The summed E-state index contributed by atoms with van der Waals surface area (Å²) < 4.78 is 0. The lowest BCUT2D eigenvalue weighted by Crippen LogP contribution is -1.96. The van der Waals surface area contributed by atoms with E-state index in [9.17, 15) is 0 Å². The summed E-state index contributed by atoms with van der Waals surface area (Å²) in [6, 6.07) is 6.64. The Morgan fingerprint density at radius 3 is 2.67 bits per heavy atom. The molecule has 0 fully saturated rings. The average molecular weight is 219 g/mol. The second-order valence-corrected chi connectivity index (χ2v) is 4.85. The molecule has 0 heterocycles. The van der Waals surface area contributed by atoms with Gasteiger partial charge in [0.1, 0.15) is 5.40 Å². The maximum Gasteiger partial charge on any atom is 0.133 e. The van der Waals surface area contributed by atoms with Crippen molar-refractivity contribution in [3.8, 4) is 5.40 Å². The van der Waals surface area contributed by atoms with Gasteiger partial charge in [-0.3, -0.25) is 0 Å². The highest BCUT2D eigenvalue weighted by Crippen LogP contribution is 2.22. The normalized spacial score (nSPS) is 12.1.